The summed E-state index contributed by atoms with van der Waals surface area (Å²) in [6.45, 7) is 2.04. The number of hydrogen-bond donors (Lipinski definition) is 1. The Hall–Kier alpha value is -3.60. The maximum atomic E-state index is 13.0. The topological polar surface area (TPSA) is 51.9 Å². The number of carbonyl (C=O) groups is 1. The summed E-state index contributed by atoms with van der Waals surface area (Å²) in [5, 5.41) is 7.63. The highest BCUT2D eigenvalue weighted by molar-refractivity contribution is 5.97. The molecule has 2 aromatic carbocycles. The van der Waals surface area contributed by atoms with Gasteiger partial charge in [-0.2, -0.15) is 5.10 Å². The number of rotatable bonds is 7. The van der Waals surface area contributed by atoms with Crippen LogP contribution in [-0.4, -0.2) is 26.3 Å². The van der Waals surface area contributed by atoms with Crippen LogP contribution < -0.4 is 5.32 Å². The summed E-state index contributed by atoms with van der Waals surface area (Å²) in [7, 11) is 0. The van der Waals surface area contributed by atoms with Gasteiger partial charge < -0.3 is 9.88 Å². The first-order valence-corrected chi connectivity index (χ1v) is 9.84. The molecular formula is C24H24N4O. The van der Waals surface area contributed by atoms with Crippen molar-refractivity contribution in [2.24, 2.45) is 0 Å². The quantitative estimate of drug-likeness (QED) is 0.513. The lowest BCUT2D eigenvalue weighted by Gasteiger charge is -2.15. The molecule has 4 aromatic rings. The number of para-hydroxylation sites is 1. The van der Waals surface area contributed by atoms with E-state index in [4.69, 9.17) is 0 Å². The van der Waals surface area contributed by atoms with E-state index in [2.05, 4.69) is 22.5 Å². The number of benzene rings is 2. The molecule has 0 saturated heterocycles. The molecule has 0 saturated carbocycles. The van der Waals surface area contributed by atoms with Crippen LogP contribution in [0.4, 0.5) is 0 Å². The van der Waals surface area contributed by atoms with Crippen LogP contribution >= 0.6 is 0 Å². The molecule has 0 unspecified atom stereocenters. The van der Waals surface area contributed by atoms with E-state index in [-0.39, 0.29) is 11.9 Å². The molecule has 0 bridgehead atoms. The minimum atomic E-state index is -0.114. The molecule has 2 heterocycles. The Labute approximate surface area is 170 Å². The smallest absolute Gasteiger partial charge is 0.256 e. The molecule has 1 amide bonds. The van der Waals surface area contributed by atoms with Gasteiger partial charge in [0.05, 0.1) is 11.9 Å². The number of aryl methyl sites for hydroxylation is 1. The van der Waals surface area contributed by atoms with Gasteiger partial charge in [0.1, 0.15) is 5.56 Å². The maximum Gasteiger partial charge on any atom is 0.256 e. The summed E-state index contributed by atoms with van der Waals surface area (Å²) in [5.41, 5.74) is 2.74. The van der Waals surface area contributed by atoms with Crippen LogP contribution in [0.1, 0.15) is 29.3 Å². The molecular weight excluding hydrogens is 360 g/mol. The van der Waals surface area contributed by atoms with Crippen molar-refractivity contribution in [1.29, 1.82) is 0 Å². The minimum absolute atomic E-state index is 0.0558. The first kappa shape index (κ1) is 18.7. The fraction of sp³-hybridized carbons (Fsp3) is 0.167. The van der Waals surface area contributed by atoms with Crippen molar-refractivity contribution in [3.8, 4) is 11.5 Å². The van der Waals surface area contributed by atoms with E-state index in [9.17, 15) is 4.79 Å². The zero-order valence-electron chi connectivity index (χ0n) is 16.4. The lowest BCUT2D eigenvalue weighted by Crippen LogP contribution is -2.33. The lowest BCUT2D eigenvalue weighted by molar-refractivity contribution is 0.0938. The Balaban J connectivity index is 1.54. The Morgan fingerprint density at radius 3 is 2.31 bits per heavy atom. The Morgan fingerprint density at radius 1 is 0.966 bits per heavy atom. The van der Waals surface area contributed by atoms with Gasteiger partial charge in [-0.25, -0.2) is 4.68 Å². The van der Waals surface area contributed by atoms with Crippen molar-refractivity contribution in [3.05, 3.63) is 103 Å². The number of nitrogens with zero attached hydrogens (tertiary/aromatic N) is 3. The van der Waals surface area contributed by atoms with Crippen LogP contribution in [0.3, 0.4) is 0 Å². The van der Waals surface area contributed by atoms with E-state index in [1.807, 2.05) is 84.5 Å². The molecule has 4 rings (SSSR count). The summed E-state index contributed by atoms with van der Waals surface area (Å²) in [5.74, 6) is 0.616. The largest absolute Gasteiger partial charge is 0.349 e. The third-order valence-electron chi connectivity index (χ3n) is 4.92. The zero-order valence-corrected chi connectivity index (χ0v) is 16.4. The molecule has 0 fully saturated rings. The van der Waals surface area contributed by atoms with Crippen molar-refractivity contribution in [1.82, 2.24) is 19.7 Å². The summed E-state index contributed by atoms with van der Waals surface area (Å²) < 4.78 is 3.72. The second kappa shape index (κ2) is 8.61. The Kier molecular flexibility index (Phi) is 5.56. The van der Waals surface area contributed by atoms with E-state index >= 15 is 0 Å². The average molecular weight is 384 g/mol. The van der Waals surface area contributed by atoms with Crippen molar-refractivity contribution in [3.63, 3.8) is 0 Å². The van der Waals surface area contributed by atoms with Gasteiger partial charge in [0.2, 0.25) is 0 Å². The molecule has 2 aromatic heterocycles. The van der Waals surface area contributed by atoms with E-state index in [1.54, 1.807) is 10.9 Å². The van der Waals surface area contributed by atoms with Gasteiger partial charge >= 0.3 is 0 Å². The number of carbonyl (C=O) groups excluding carboxylic acids is 1. The van der Waals surface area contributed by atoms with Crippen molar-refractivity contribution < 1.29 is 4.79 Å². The monoisotopic (exact) mass is 384 g/mol. The van der Waals surface area contributed by atoms with Gasteiger partial charge in [-0.1, -0.05) is 48.5 Å². The Morgan fingerprint density at radius 2 is 1.62 bits per heavy atom. The van der Waals surface area contributed by atoms with Gasteiger partial charge in [0, 0.05) is 18.4 Å². The van der Waals surface area contributed by atoms with Crippen LogP contribution in [-0.2, 0) is 6.42 Å². The van der Waals surface area contributed by atoms with Gasteiger partial charge in [-0.05, 0) is 49.6 Å². The average Bonchev–Trinajstić information content (AvgIpc) is 3.43. The second-order valence-corrected chi connectivity index (χ2v) is 7.12. The molecule has 0 spiro atoms. The van der Waals surface area contributed by atoms with Gasteiger partial charge in [-0.15, -0.1) is 0 Å². The first-order valence-electron chi connectivity index (χ1n) is 9.84. The highest BCUT2D eigenvalue weighted by Crippen LogP contribution is 2.20. The SMILES string of the molecule is C[C@@H](CCc1ccccc1)NC(=O)c1cnn(-c2ccccc2)c1-n1cccc1. The van der Waals surface area contributed by atoms with Crippen LogP contribution in [0.15, 0.2) is 91.4 Å². The van der Waals surface area contributed by atoms with E-state index in [1.165, 1.54) is 5.56 Å². The fourth-order valence-corrected chi connectivity index (χ4v) is 3.39. The van der Waals surface area contributed by atoms with Gasteiger partial charge in [0.25, 0.3) is 5.91 Å². The number of nitrogens with one attached hydrogen (secondary N) is 1. The summed E-state index contributed by atoms with van der Waals surface area (Å²) in [6, 6.07) is 24.1. The highest BCUT2D eigenvalue weighted by Gasteiger charge is 2.21. The van der Waals surface area contributed by atoms with E-state index < -0.39 is 0 Å². The van der Waals surface area contributed by atoms with Crippen LogP contribution in [0.25, 0.3) is 11.5 Å². The maximum absolute atomic E-state index is 13.0. The predicted octanol–water partition coefficient (Wildman–Crippen LogP) is 4.41. The number of amides is 1. The summed E-state index contributed by atoms with van der Waals surface area (Å²) in [4.78, 5) is 13.0. The molecule has 1 atom stereocenters. The first-order chi connectivity index (χ1) is 14.2. The number of aromatic nitrogens is 3. The molecule has 29 heavy (non-hydrogen) atoms. The van der Waals surface area contributed by atoms with Crippen LogP contribution in [0, 0.1) is 0 Å². The zero-order chi connectivity index (χ0) is 20.1. The minimum Gasteiger partial charge on any atom is -0.349 e. The van der Waals surface area contributed by atoms with Crippen LogP contribution in [0.2, 0.25) is 0 Å². The highest BCUT2D eigenvalue weighted by atomic mass is 16.1. The van der Waals surface area contributed by atoms with Crippen molar-refractivity contribution >= 4 is 5.91 Å². The molecule has 1 N–H and O–H groups in total. The summed E-state index contributed by atoms with van der Waals surface area (Å²) >= 11 is 0. The molecule has 0 aliphatic heterocycles. The standard InChI is InChI=1S/C24H24N4O/c1-19(14-15-20-10-4-2-5-11-20)26-23(29)22-18-25-28(21-12-6-3-7-13-21)24(22)27-16-8-9-17-27/h2-13,16-19H,14-15H2,1H3,(H,26,29)/t19-/m0/s1. The number of hydrogen-bond acceptors (Lipinski definition) is 2. The van der Waals surface area contributed by atoms with Crippen molar-refractivity contribution in [2.75, 3.05) is 0 Å². The van der Waals surface area contributed by atoms with Crippen LogP contribution in [0.5, 0.6) is 0 Å². The molecule has 0 aliphatic carbocycles. The van der Waals surface area contributed by atoms with E-state index in [0.717, 1.165) is 24.3 Å². The van der Waals surface area contributed by atoms with Gasteiger partial charge in [-0.3, -0.25) is 4.79 Å². The molecule has 5 heteroatoms. The third-order valence-corrected chi connectivity index (χ3v) is 4.92. The molecule has 146 valence electrons. The third kappa shape index (κ3) is 4.29. The fourth-order valence-electron chi connectivity index (χ4n) is 3.39. The lowest BCUT2D eigenvalue weighted by atomic mass is 10.1. The van der Waals surface area contributed by atoms with E-state index in [0.29, 0.717) is 5.56 Å². The molecule has 5 nitrogen and oxygen atoms in total. The van der Waals surface area contributed by atoms with Gasteiger partial charge in [0.15, 0.2) is 5.82 Å². The van der Waals surface area contributed by atoms with Crippen molar-refractivity contribution in [2.45, 2.75) is 25.8 Å². The molecule has 0 aliphatic rings. The predicted molar refractivity (Wildman–Crippen MR) is 115 cm³/mol. The summed E-state index contributed by atoms with van der Waals surface area (Å²) in [6.07, 6.45) is 7.29. The second-order valence-electron chi connectivity index (χ2n) is 7.12. The Bertz CT molecular complexity index is 1050. The normalized spacial score (nSPS) is 11.9. The molecule has 0 radical (unpaired) electrons.